The number of halogens is 1. The Bertz CT molecular complexity index is 854. The van der Waals surface area contributed by atoms with Crippen LogP contribution in [0.2, 0.25) is 5.02 Å². The van der Waals surface area contributed by atoms with Crippen LogP contribution in [0, 0.1) is 6.92 Å². The minimum atomic E-state index is -3.39. The number of rotatable bonds is 8. The van der Waals surface area contributed by atoms with Crippen molar-refractivity contribution in [1.82, 2.24) is 4.31 Å². The lowest BCUT2D eigenvalue weighted by molar-refractivity contribution is -0.116. The Morgan fingerprint density at radius 3 is 2.42 bits per heavy atom. The standard InChI is InChI=1S/C19H23ClN2O3S/c1-15-17(20)9-6-10-18(15)21-19(23)12-14-22(26(2,24)25)13-11-16-7-4-3-5-8-16/h3-10H,11-14H2,1-2H3,(H,21,23). The molecule has 0 fully saturated rings. The molecule has 2 rings (SSSR count). The molecule has 1 amide bonds. The smallest absolute Gasteiger partial charge is 0.225 e. The average Bonchev–Trinajstić information content (AvgIpc) is 2.58. The third-order valence-corrected chi connectivity index (χ3v) is 5.80. The minimum absolute atomic E-state index is 0.0772. The molecule has 0 unspecified atom stereocenters. The quantitative estimate of drug-likeness (QED) is 0.745. The second-order valence-corrected chi connectivity index (χ2v) is 8.50. The van der Waals surface area contributed by atoms with Gasteiger partial charge in [0, 0.05) is 30.2 Å². The van der Waals surface area contributed by atoms with Crippen molar-refractivity contribution < 1.29 is 13.2 Å². The summed E-state index contributed by atoms with van der Waals surface area (Å²) in [5, 5.41) is 3.36. The Balaban J connectivity index is 1.94. The summed E-state index contributed by atoms with van der Waals surface area (Å²) in [7, 11) is -3.39. The van der Waals surface area contributed by atoms with Gasteiger partial charge in [-0.3, -0.25) is 4.79 Å². The van der Waals surface area contributed by atoms with E-state index >= 15 is 0 Å². The van der Waals surface area contributed by atoms with E-state index in [2.05, 4.69) is 5.32 Å². The first-order valence-electron chi connectivity index (χ1n) is 8.31. The van der Waals surface area contributed by atoms with E-state index in [-0.39, 0.29) is 18.9 Å². The van der Waals surface area contributed by atoms with Crippen molar-refractivity contribution in [2.75, 3.05) is 24.7 Å². The zero-order chi connectivity index (χ0) is 19.2. The third-order valence-electron chi connectivity index (χ3n) is 4.09. The summed E-state index contributed by atoms with van der Waals surface area (Å²) in [6.45, 7) is 2.30. The van der Waals surface area contributed by atoms with Gasteiger partial charge >= 0.3 is 0 Å². The molecule has 0 aliphatic heterocycles. The maximum atomic E-state index is 12.2. The Kier molecular flexibility index (Phi) is 7.20. The molecule has 2 aromatic rings. The average molecular weight is 395 g/mol. The van der Waals surface area contributed by atoms with E-state index in [0.717, 1.165) is 17.4 Å². The molecule has 26 heavy (non-hydrogen) atoms. The molecule has 0 heterocycles. The first-order chi connectivity index (χ1) is 12.3. The highest BCUT2D eigenvalue weighted by Crippen LogP contribution is 2.23. The molecular formula is C19H23ClN2O3S. The van der Waals surface area contributed by atoms with Crippen LogP contribution in [-0.2, 0) is 21.2 Å². The normalized spacial score (nSPS) is 11.5. The van der Waals surface area contributed by atoms with E-state index in [9.17, 15) is 13.2 Å². The fourth-order valence-corrected chi connectivity index (χ4v) is 3.54. The van der Waals surface area contributed by atoms with Crippen molar-refractivity contribution in [2.24, 2.45) is 0 Å². The van der Waals surface area contributed by atoms with Crippen molar-refractivity contribution in [3.8, 4) is 0 Å². The second-order valence-electron chi connectivity index (χ2n) is 6.11. The first kappa shape index (κ1) is 20.4. The lowest BCUT2D eigenvalue weighted by Crippen LogP contribution is -2.34. The van der Waals surface area contributed by atoms with Crippen LogP contribution in [0.25, 0.3) is 0 Å². The van der Waals surface area contributed by atoms with Gasteiger partial charge in [0.1, 0.15) is 0 Å². The first-order valence-corrected chi connectivity index (χ1v) is 10.5. The molecule has 2 aromatic carbocycles. The fourth-order valence-electron chi connectivity index (χ4n) is 2.52. The zero-order valence-electron chi connectivity index (χ0n) is 14.9. The van der Waals surface area contributed by atoms with E-state index in [0.29, 0.717) is 23.7 Å². The van der Waals surface area contributed by atoms with Gasteiger partial charge in [-0.15, -0.1) is 0 Å². The number of carbonyl (C=O) groups excluding carboxylic acids is 1. The number of benzene rings is 2. The summed E-state index contributed by atoms with van der Waals surface area (Å²) in [5.41, 5.74) is 2.48. The molecule has 5 nitrogen and oxygen atoms in total. The summed E-state index contributed by atoms with van der Waals surface area (Å²) in [4.78, 5) is 12.2. The van der Waals surface area contributed by atoms with Crippen LogP contribution < -0.4 is 5.32 Å². The van der Waals surface area contributed by atoms with E-state index < -0.39 is 10.0 Å². The molecular weight excluding hydrogens is 372 g/mol. The molecule has 0 bridgehead atoms. The van der Waals surface area contributed by atoms with Gasteiger partial charge in [-0.25, -0.2) is 12.7 Å². The van der Waals surface area contributed by atoms with Crippen LogP contribution in [0.15, 0.2) is 48.5 Å². The predicted octanol–water partition coefficient (Wildman–Crippen LogP) is 3.48. The van der Waals surface area contributed by atoms with Crippen molar-refractivity contribution in [3.63, 3.8) is 0 Å². The molecule has 1 N–H and O–H groups in total. The molecule has 0 atom stereocenters. The Morgan fingerprint density at radius 1 is 1.08 bits per heavy atom. The largest absolute Gasteiger partial charge is 0.326 e. The molecule has 0 saturated carbocycles. The van der Waals surface area contributed by atoms with E-state index in [1.54, 1.807) is 18.2 Å². The fraction of sp³-hybridized carbons (Fsp3) is 0.316. The van der Waals surface area contributed by atoms with Gasteiger partial charge in [0.05, 0.1) is 6.26 Å². The lowest BCUT2D eigenvalue weighted by Gasteiger charge is -2.20. The van der Waals surface area contributed by atoms with Gasteiger partial charge in [0.25, 0.3) is 0 Å². The number of nitrogens with zero attached hydrogens (tertiary/aromatic N) is 1. The van der Waals surface area contributed by atoms with Gasteiger partial charge in [0.15, 0.2) is 0 Å². The Morgan fingerprint density at radius 2 is 1.77 bits per heavy atom. The maximum absolute atomic E-state index is 12.2. The van der Waals surface area contributed by atoms with Gasteiger partial charge in [-0.1, -0.05) is 48.0 Å². The molecule has 0 saturated heterocycles. The van der Waals surface area contributed by atoms with Gasteiger partial charge in [0.2, 0.25) is 15.9 Å². The second kappa shape index (κ2) is 9.16. The van der Waals surface area contributed by atoms with Gasteiger partial charge in [-0.05, 0) is 36.6 Å². The molecule has 0 spiro atoms. The monoisotopic (exact) mass is 394 g/mol. The van der Waals surface area contributed by atoms with Crippen molar-refractivity contribution in [2.45, 2.75) is 19.8 Å². The summed E-state index contributed by atoms with van der Waals surface area (Å²) in [6, 6.07) is 14.9. The van der Waals surface area contributed by atoms with E-state index in [1.807, 2.05) is 37.3 Å². The van der Waals surface area contributed by atoms with Crippen LogP contribution in [0.4, 0.5) is 5.69 Å². The highest BCUT2D eigenvalue weighted by molar-refractivity contribution is 7.88. The van der Waals surface area contributed by atoms with Crippen molar-refractivity contribution in [1.29, 1.82) is 0 Å². The van der Waals surface area contributed by atoms with Crippen LogP contribution in [-0.4, -0.2) is 38.0 Å². The van der Waals surface area contributed by atoms with E-state index in [1.165, 1.54) is 4.31 Å². The third kappa shape index (κ3) is 6.12. The van der Waals surface area contributed by atoms with Gasteiger partial charge in [-0.2, -0.15) is 0 Å². The van der Waals surface area contributed by atoms with Crippen molar-refractivity contribution in [3.05, 3.63) is 64.7 Å². The van der Waals surface area contributed by atoms with Crippen LogP contribution in [0.3, 0.4) is 0 Å². The van der Waals surface area contributed by atoms with Crippen LogP contribution in [0.1, 0.15) is 17.5 Å². The summed E-state index contributed by atoms with van der Waals surface area (Å²) < 4.78 is 25.3. The van der Waals surface area contributed by atoms with Crippen LogP contribution in [0.5, 0.6) is 0 Å². The predicted molar refractivity (Wildman–Crippen MR) is 106 cm³/mol. The molecule has 140 valence electrons. The molecule has 0 aliphatic rings. The summed E-state index contributed by atoms with van der Waals surface area (Å²) in [5.74, 6) is -0.247. The molecule has 0 radical (unpaired) electrons. The van der Waals surface area contributed by atoms with E-state index in [4.69, 9.17) is 11.6 Å². The van der Waals surface area contributed by atoms with Gasteiger partial charge < -0.3 is 5.32 Å². The summed E-state index contributed by atoms with van der Waals surface area (Å²) >= 11 is 6.05. The zero-order valence-corrected chi connectivity index (χ0v) is 16.5. The number of sulfonamides is 1. The van der Waals surface area contributed by atoms with Crippen molar-refractivity contribution >= 4 is 33.2 Å². The number of hydrogen-bond donors (Lipinski definition) is 1. The molecule has 0 aromatic heterocycles. The van der Waals surface area contributed by atoms with Crippen LogP contribution >= 0.6 is 11.6 Å². The topological polar surface area (TPSA) is 66.5 Å². The molecule has 7 heteroatoms. The number of amides is 1. The summed E-state index contributed by atoms with van der Waals surface area (Å²) in [6.07, 6.45) is 1.84. The maximum Gasteiger partial charge on any atom is 0.225 e. The Hall–Kier alpha value is -1.89. The molecule has 0 aliphatic carbocycles. The lowest BCUT2D eigenvalue weighted by atomic mass is 10.1. The SMILES string of the molecule is Cc1c(Cl)cccc1NC(=O)CCN(CCc1ccccc1)S(C)(=O)=O. The highest BCUT2D eigenvalue weighted by Gasteiger charge is 2.18. The minimum Gasteiger partial charge on any atom is -0.326 e. The Labute approximate surface area is 160 Å². The highest BCUT2D eigenvalue weighted by atomic mass is 35.5. The number of hydrogen-bond acceptors (Lipinski definition) is 3. The number of nitrogens with one attached hydrogen (secondary N) is 1. The number of anilines is 1. The number of carbonyl (C=O) groups is 1.